The van der Waals surface area contributed by atoms with Crippen LogP contribution in [0.1, 0.15) is 35.6 Å². The number of benzene rings is 1. The third-order valence-electron chi connectivity index (χ3n) is 4.72. The second-order valence-corrected chi connectivity index (χ2v) is 6.64. The number of carbonyl (C=O) groups excluding carboxylic acids is 1. The van der Waals surface area contributed by atoms with Crippen molar-refractivity contribution in [2.24, 2.45) is 0 Å². The van der Waals surface area contributed by atoms with Gasteiger partial charge in [0.05, 0.1) is 28.2 Å². The summed E-state index contributed by atoms with van der Waals surface area (Å²) in [5.74, 6) is -0.541. The Morgan fingerprint density at radius 2 is 1.89 bits per heavy atom. The number of para-hydroxylation sites is 1. The van der Waals surface area contributed by atoms with Crippen molar-refractivity contribution in [3.63, 3.8) is 0 Å². The lowest BCUT2D eigenvalue weighted by atomic mass is 10.2. The third-order valence-corrected chi connectivity index (χ3v) is 4.72. The second-order valence-electron chi connectivity index (χ2n) is 6.64. The summed E-state index contributed by atoms with van der Waals surface area (Å²) in [6.45, 7) is 7.52. The highest BCUT2D eigenvalue weighted by atomic mass is 16.6. The number of nitro groups is 1. The van der Waals surface area contributed by atoms with Gasteiger partial charge in [0.1, 0.15) is 6.04 Å². The molecule has 28 heavy (non-hydrogen) atoms. The molecule has 3 aromatic rings. The highest BCUT2D eigenvalue weighted by Crippen LogP contribution is 2.19. The fourth-order valence-electron chi connectivity index (χ4n) is 3.14. The van der Waals surface area contributed by atoms with E-state index < -0.39 is 11.0 Å². The molecule has 1 atom stereocenters. The summed E-state index contributed by atoms with van der Waals surface area (Å²) >= 11 is 0. The van der Waals surface area contributed by atoms with E-state index in [4.69, 9.17) is 0 Å². The zero-order valence-electron chi connectivity index (χ0n) is 16.2. The van der Waals surface area contributed by atoms with Crippen LogP contribution >= 0.6 is 0 Å². The first-order valence-corrected chi connectivity index (χ1v) is 8.88. The lowest BCUT2D eigenvalue weighted by molar-refractivity contribution is -0.389. The summed E-state index contributed by atoms with van der Waals surface area (Å²) in [5, 5.41) is 22.2. The maximum absolute atomic E-state index is 12.6. The number of carbonyl (C=O) groups is 1. The fraction of sp³-hybridized carbons (Fsp3) is 0.316. The quantitative estimate of drug-likeness (QED) is 0.521. The fourth-order valence-corrected chi connectivity index (χ4v) is 3.14. The Bertz CT molecular complexity index is 1020. The van der Waals surface area contributed by atoms with Crippen LogP contribution in [0.4, 0.5) is 5.82 Å². The molecule has 9 nitrogen and oxygen atoms in total. The smallest absolute Gasteiger partial charge is 0.358 e. The van der Waals surface area contributed by atoms with Crippen molar-refractivity contribution in [2.75, 3.05) is 0 Å². The van der Waals surface area contributed by atoms with Crippen LogP contribution in [0.15, 0.2) is 36.4 Å². The Kier molecular flexibility index (Phi) is 5.25. The van der Waals surface area contributed by atoms with E-state index in [1.54, 1.807) is 13.8 Å². The first-order chi connectivity index (χ1) is 13.3. The van der Waals surface area contributed by atoms with Crippen LogP contribution < -0.4 is 5.32 Å². The molecule has 0 saturated heterocycles. The van der Waals surface area contributed by atoms with E-state index in [0.29, 0.717) is 12.2 Å². The molecule has 1 N–H and O–H groups in total. The van der Waals surface area contributed by atoms with Crippen molar-refractivity contribution in [3.05, 3.63) is 69.2 Å². The van der Waals surface area contributed by atoms with Crippen molar-refractivity contribution in [1.82, 2.24) is 24.9 Å². The molecule has 0 aliphatic carbocycles. The van der Waals surface area contributed by atoms with E-state index >= 15 is 0 Å². The molecular weight excluding hydrogens is 360 g/mol. The predicted octanol–water partition coefficient (Wildman–Crippen LogP) is 2.78. The molecule has 0 fully saturated rings. The minimum atomic E-state index is -0.668. The standard InChI is InChI=1S/C19H22N6O3/c1-12-10-18(25(27)28)22-23(12)15(4)19(26)20-11-17-13(2)21-24(14(17)3)16-8-6-5-7-9-16/h5-10,15H,11H2,1-4H3,(H,20,26). The van der Waals surface area contributed by atoms with Gasteiger partial charge in [0.25, 0.3) is 0 Å². The zero-order valence-corrected chi connectivity index (χ0v) is 16.2. The van der Waals surface area contributed by atoms with Crippen LogP contribution in [0.2, 0.25) is 0 Å². The number of aryl methyl sites for hydroxylation is 2. The molecule has 0 aliphatic rings. The molecule has 0 aliphatic heterocycles. The lowest BCUT2D eigenvalue weighted by Gasteiger charge is -2.12. The summed E-state index contributed by atoms with van der Waals surface area (Å²) in [5.41, 5.74) is 4.22. The number of amides is 1. The van der Waals surface area contributed by atoms with Crippen molar-refractivity contribution in [1.29, 1.82) is 0 Å². The Morgan fingerprint density at radius 1 is 1.21 bits per heavy atom. The van der Waals surface area contributed by atoms with E-state index in [1.165, 1.54) is 10.7 Å². The molecule has 1 aromatic carbocycles. The molecule has 9 heteroatoms. The van der Waals surface area contributed by atoms with Gasteiger partial charge in [-0.05, 0) is 44.8 Å². The summed E-state index contributed by atoms with van der Waals surface area (Å²) in [4.78, 5) is 22.9. The third kappa shape index (κ3) is 3.64. The minimum Gasteiger partial charge on any atom is -0.358 e. The second kappa shape index (κ2) is 7.63. The molecule has 1 amide bonds. The molecule has 3 rings (SSSR count). The van der Waals surface area contributed by atoms with Crippen LogP contribution in [0.25, 0.3) is 5.69 Å². The molecule has 0 saturated carbocycles. The molecule has 0 bridgehead atoms. The summed E-state index contributed by atoms with van der Waals surface area (Å²) in [6, 6.07) is 10.5. The molecule has 2 heterocycles. The highest BCUT2D eigenvalue weighted by molar-refractivity contribution is 5.80. The zero-order chi connectivity index (χ0) is 20.4. The first-order valence-electron chi connectivity index (χ1n) is 8.88. The predicted molar refractivity (Wildman–Crippen MR) is 103 cm³/mol. The number of nitrogens with zero attached hydrogens (tertiary/aromatic N) is 5. The Balaban J connectivity index is 1.75. The van der Waals surface area contributed by atoms with Crippen LogP contribution in [0.3, 0.4) is 0 Å². The van der Waals surface area contributed by atoms with Gasteiger partial charge in [0.2, 0.25) is 5.91 Å². The minimum absolute atomic E-state index is 0.270. The van der Waals surface area contributed by atoms with Gasteiger partial charge in [-0.15, -0.1) is 0 Å². The maximum atomic E-state index is 12.6. The van der Waals surface area contributed by atoms with Gasteiger partial charge in [-0.1, -0.05) is 18.2 Å². The van der Waals surface area contributed by atoms with Gasteiger partial charge in [-0.2, -0.15) is 9.78 Å². The van der Waals surface area contributed by atoms with E-state index in [2.05, 4.69) is 15.5 Å². The van der Waals surface area contributed by atoms with Crippen LogP contribution in [-0.4, -0.2) is 30.4 Å². The average Bonchev–Trinajstić information content (AvgIpc) is 3.20. The van der Waals surface area contributed by atoms with Crippen LogP contribution in [-0.2, 0) is 11.3 Å². The Morgan fingerprint density at radius 3 is 2.50 bits per heavy atom. The summed E-state index contributed by atoms with van der Waals surface area (Å²) in [6.07, 6.45) is 0. The SMILES string of the molecule is Cc1nn(-c2ccccc2)c(C)c1CNC(=O)C(C)n1nc([N+](=O)[O-])cc1C. The highest BCUT2D eigenvalue weighted by Gasteiger charge is 2.25. The van der Waals surface area contributed by atoms with Gasteiger partial charge in [-0.25, -0.2) is 4.68 Å². The molecule has 0 spiro atoms. The molecular formula is C19H22N6O3. The average molecular weight is 382 g/mol. The topological polar surface area (TPSA) is 108 Å². The molecule has 146 valence electrons. The van der Waals surface area contributed by atoms with Gasteiger partial charge in [0.15, 0.2) is 0 Å². The molecule has 2 aromatic heterocycles. The van der Waals surface area contributed by atoms with Gasteiger partial charge in [-0.3, -0.25) is 4.79 Å². The number of nitrogens with one attached hydrogen (secondary N) is 1. The van der Waals surface area contributed by atoms with Crippen LogP contribution in [0.5, 0.6) is 0 Å². The van der Waals surface area contributed by atoms with Crippen molar-refractivity contribution >= 4 is 11.7 Å². The van der Waals surface area contributed by atoms with Crippen LogP contribution in [0, 0.1) is 30.9 Å². The van der Waals surface area contributed by atoms with E-state index in [9.17, 15) is 14.9 Å². The van der Waals surface area contributed by atoms with Gasteiger partial charge in [0, 0.05) is 17.8 Å². The van der Waals surface area contributed by atoms with E-state index in [0.717, 1.165) is 22.6 Å². The maximum Gasteiger partial charge on any atom is 0.390 e. The Labute approximate surface area is 162 Å². The Hall–Kier alpha value is -3.49. The largest absolute Gasteiger partial charge is 0.390 e. The van der Waals surface area contributed by atoms with Crippen molar-refractivity contribution < 1.29 is 9.72 Å². The van der Waals surface area contributed by atoms with Gasteiger partial charge < -0.3 is 15.4 Å². The van der Waals surface area contributed by atoms with Crippen molar-refractivity contribution in [2.45, 2.75) is 40.3 Å². The lowest BCUT2D eigenvalue weighted by Crippen LogP contribution is -2.31. The van der Waals surface area contributed by atoms with E-state index in [1.807, 2.05) is 48.9 Å². The van der Waals surface area contributed by atoms with Gasteiger partial charge >= 0.3 is 5.82 Å². The summed E-state index contributed by atoms with van der Waals surface area (Å²) < 4.78 is 3.21. The number of hydrogen-bond acceptors (Lipinski definition) is 5. The monoisotopic (exact) mass is 382 g/mol. The summed E-state index contributed by atoms with van der Waals surface area (Å²) in [7, 11) is 0. The first kappa shape index (κ1) is 19.3. The number of rotatable bonds is 6. The van der Waals surface area contributed by atoms with Crippen molar-refractivity contribution in [3.8, 4) is 5.69 Å². The normalized spacial score (nSPS) is 12.0. The number of aromatic nitrogens is 4. The van der Waals surface area contributed by atoms with E-state index in [-0.39, 0.29) is 11.7 Å². The molecule has 0 radical (unpaired) electrons. The molecule has 1 unspecified atom stereocenters. The number of hydrogen-bond donors (Lipinski definition) is 1.